The van der Waals surface area contributed by atoms with Gasteiger partial charge in [-0.15, -0.1) is 0 Å². The van der Waals surface area contributed by atoms with E-state index in [0.717, 1.165) is 12.3 Å². The van der Waals surface area contributed by atoms with Gasteiger partial charge in [0.15, 0.2) is 0 Å². The lowest BCUT2D eigenvalue weighted by atomic mass is 10.0. The number of carbonyl (C=O) groups is 1. The van der Waals surface area contributed by atoms with E-state index in [2.05, 4.69) is 4.98 Å². The van der Waals surface area contributed by atoms with E-state index < -0.39 is 33.1 Å². The molecule has 0 aliphatic carbocycles. The van der Waals surface area contributed by atoms with Crippen LogP contribution >= 0.6 is 23.2 Å². The number of H-pyrrole nitrogens is 1. The summed E-state index contributed by atoms with van der Waals surface area (Å²) in [6.45, 7) is -0.308. The maximum atomic E-state index is 14.5. The molecule has 0 saturated heterocycles. The van der Waals surface area contributed by atoms with Crippen LogP contribution in [0.15, 0.2) is 53.5 Å². The Morgan fingerprint density at radius 3 is 2.47 bits per heavy atom. The van der Waals surface area contributed by atoms with Gasteiger partial charge in [-0.25, -0.2) is 21.9 Å². The summed E-state index contributed by atoms with van der Waals surface area (Å²) in [5.41, 5.74) is -0.420. The molecule has 0 bridgehead atoms. The third-order valence-corrected chi connectivity index (χ3v) is 6.31. The molecule has 12 heteroatoms. The fraction of sp³-hybridized carbons (Fsp3) is 0.0909. The van der Waals surface area contributed by atoms with Gasteiger partial charge < -0.3 is 9.55 Å². The van der Waals surface area contributed by atoms with Gasteiger partial charge in [-0.1, -0.05) is 29.3 Å². The number of rotatable bonds is 5. The molecule has 0 fully saturated rings. The Hall–Kier alpha value is -3.21. The van der Waals surface area contributed by atoms with Crippen LogP contribution in [0.4, 0.5) is 8.78 Å². The van der Waals surface area contributed by atoms with Crippen molar-refractivity contribution in [1.82, 2.24) is 14.3 Å². The van der Waals surface area contributed by atoms with Gasteiger partial charge in [0.2, 0.25) is 10.0 Å². The molecule has 0 saturated carbocycles. The average molecular weight is 526 g/mol. The molecule has 4 aromatic rings. The summed E-state index contributed by atoms with van der Waals surface area (Å²) in [7, 11) is -4.01. The number of benzene rings is 2. The van der Waals surface area contributed by atoms with Crippen LogP contribution in [0, 0.1) is 11.6 Å². The molecular formula is C22H15Cl2F2N3O4S. The van der Waals surface area contributed by atoms with Crippen LogP contribution < -0.4 is 10.3 Å². The predicted molar refractivity (Wildman–Crippen MR) is 126 cm³/mol. The number of aromatic amines is 1. The van der Waals surface area contributed by atoms with Crippen molar-refractivity contribution >= 4 is 50.0 Å². The third-order valence-electron chi connectivity index (χ3n) is 5.03. The molecule has 2 N–H and O–H groups in total. The second-order valence-electron chi connectivity index (χ2n) is 7.45. The molecule has 2 aromatic heterocycles. The number of sulfonamides is 1. The van der Waals surface area contributed by atoms with E-state index in [1.54, 1.807) is 0 Å². The average Bonchev–Trinajstić information content (AvgIpc) is 3.02. The minimum Gasteiger partial charge on any atom is -0.331 e. The molecule has 0 radical (unpaired) electrons. The number of carbonyl (C=O) groups excluding carboxylic acids is 1. The SMILES string of the molecule is CS(=O)(=O)NC(=O)c1c(-c2ccc[nH]c2=O)c2cc(Cl)c(Cl)cc2n1Cc1ccc(F)cc1F. The third kappa shape index (κ3) is 4.56. The van der Waals surface area contributed by atoms with Gasteiger partial charge in [0.1, 0.15) is 17.3 Å². The molecule has 1 amide bonds. The number of fused-ring (bicyclic) bond motifs is 1. The maximum absolute atomic E-state index is 14.5. The van der Waals surface area contributed by atoms with E-state index in [1.165, 1.54) is 41.1 Å². The standard InChI is InChI=1S/C22H15Cl2F2N3O4S/c1-34(32,33)28-22(31)20-19(13-3-2-6-27-21(13)30)14-8-15(23)16(24)9-18(14)29(20)10-11-4-5-12(25)7-17(11)26/h2-9H,10H2,1H3,(H,27,30)(H,28,31). The van der Waals surface area contributed by atoms with Gasteiger partial charge in [-0.05, 0) is 30.3 Å². The number of aromatic nitrogens is 2. The second-order valence-corrected chi connectivity index (χ2v) is 10.0. The molecule has 176 valence electrons. The van der Waals surface area contributed by atoms with Gasteiger partial charge >= 0.3 is 0 Å². The van der Waals surface area contributed by atoms with Crippen molar-refractivity contribution in [3.05, 3.63) is 92.0 Å². The largest absolute Gasteiger partial charge is 0.331 e. The highest BCUT2D eigenvalue weighted by Crippen LogP contribution is 2.38. The molecule has 0 aliphatic rings. The van der Waals surface area contributed by atoms with E-state index in [4.69, 9.17) is 23.2 Å². The molecule has 7 nitrogen and oxygen atoms in total. The molecular weight excluding hydrogens is 511 g/mol. The zero-order valence-corrected chi connectivity index (χ0v) is 19.7. The van der Waals surface area contributed by atoms with Gasteiger partial charge in [-0.3, -0.25) is 9.59 Å². The molecule has 34 heavy (non-hydrogen) atoms. The molecule has 2 heterocycles. The van der Waals surface area contributed by atoms with Crippen molar-refractivity contribution in [1.29, 1.82) is 0 Å². The van der Waals surface area contributed by atoms with Gasteiger partial charge in [0.05, 0.1) is 28.4 Å². The number of amides is 1. The summed E-state index contributed by atoms with van der Waals surface area (Å²) in [6.07, 6.45) is 2.18. The highest BCUT2D eigenvalue weighted by atomic mass is 35.5. The van der Waals surface area contributed by atoms with E-state index in [-0.39, 0.29) is 44.5 Å². The van der Waals surface area contributed by atoms with Crippen LogP contribution in [0.2, 0.25) is 10.0 Å². The summed E-state index contributed by atoms with van der Waals surface area (Å²) >= 11 is 12.4. The smallest absolute Gasteiger partial charge is 0.282 e. The quantitative estimate of drug-likeness (QED) is 0.405. The Labute approximate surface area is 202 Å². The number of halogens is 4. The van der Waals surface area contributed by atoms with Gasteiger partial charge in [0, 0.05) is 34.3 Å². The van der Waals surface area contributed by atoms with Crippen LogP contribution in [0.5, 0.6) is 0 Å². The van der Waals surface area contributed by atoms with Crippen molar-refractivity contribution < 1.29 is 22.0 Å². The zero-order chi connectivity index (χ0) is 24.8. The van der Waals surface area contributed by atoms with Crippen LogP contribution in [-0.2, 0) is 16.6 Å². The molecule has 2 aromatic carbocycles. The van der Waals surface area contributed by atoms with Crippen LogP contribution in [0.3, 0.4) is 0 Å². The highest BCUT2D eigenvalue weighted by Gasteiger charge is 2.28. The lowest BCUT2D eigenvalue weighted by molar-refractivity contribution is 0.0974. The summed E-state index contributed by atoms with van der Waals surface area (Å²) < 4.78 is 54.9. The summed E-state index contributed by atoms with van der Waals surface area (Å²) in [5.74, 6) is -2.73. The van der Waals surface area contributed by atoms with E-state index in [0.29, 0.717) is 11.5 Å². The summed E-state index contributed by atoms with van der Waals surface area (Å²) in [4.78, 5) is 28.4. The predicted octanol–water partition coefficient (Wildman–Crippen LogP) is 4.32. The lowest BCUT2D eigenvalue weighted by Crippen LogP contribution is -2.32. The lowest BCUT2D eigenvalue weighted by Gasteiger charge is -2.13. The number of nitrogens with zero attached hydrogens (tertiary/aromatic N) is 1. The Morgan fingerprint density at radius 1 is 1.12 bits per heavy atom. The van der Waals surface area contributed by atoms with Crippen molar-refractivity contribution in [2.24, 2.45) is 0 Å². The van der Waals surface area contributed by atoms with Crippen LogP contribution in [-0.4, -0.2) is 30.1 Å². The normalized spacial score (nSPS) is 11.7. The highest BCUT2D eigenvalue weighted by molar-refractivity contribution is 7.89. The topological polar surface area (TPSA) is 101 Å². The summed E-state index contributed by atoms with van der Waals surface area (Å²) in [5, 5.41) is 0.520. The first kappa shape index (κ1) is 23.9. The van der Waals surface area contributed by atoms with Gasteiger partial charge in [-0.2, -0.15) is 0 Å². The number of nitrogens with one attached hydrogen (secondary N) is 2. The Balaban J connectivity index is 2.13. The molecule has 0 atom stereocenters. The Morgan fingerprint density at radius 2 is 1.82 bits per heavy atom. The fourth-order valence-electron chi connectivity index (χ4n) is 3.67. The fourth-order valence-corrected chi connectivity index (χ4v) is 4.43. The molecule has 0 unspecified atom stereocenters. The van der Waals surface area contributed by atoms with E-state index in [9.17, 15) is 26.8 Å². The van der Waals surface area contributed by atoms with Gasteiger partial charge in [0.25, 0.3) is 11.5 Å². The second kappa shape index (κ2) is 8.86. The maximum Gasteiger partial charge on any atom is 0.282 e. The first-order valence-corrected chi connectivity index (χ1v) is 12.3. The van der Waals surface area contributed by atoms with E-state index in [1.807, 2.05) is 4.72 Å². The first-order chi connectivity index (χ1) is 16.0. The molecule has 0 aliphatic heterocycles. The minimum absolute atomic E-state index is 0.00583. The molecule has 0 spiro atoms. The van der Waals surface area contributed by atoms with Crippen molar-refractivity contribution in [3.8, 4) is 11.1 Å². The number of hydrogen-bond donors (Lipinski definition) is 2. The first-order valence-electron chi connectivity index (χ1n) is 9.61. The van der Waals surface area contributed by atoms with Crippen molar-refractivity contribution in [2.45, 2.75) is 6.54 Å². The molecule has 4 rings (SSSR count). The monoisotopic (exact) mass is 525 g/mol. The van der Waals surface area contributed by atoms with Crippen molar-refractivity contribution in [3.63, 3.8) is 0 Å². The van der Waals surface area contributed by atoms with Crippen LogP contribution in [0.1, 0.15) is 16.1 Å². The minimum atomic E-state index is -4.01. The van der Waals surface area contributed by atoms with E-state index >= 15 is 0 Å². The number of hydrogen-bond acceptors (Lipinski definition) is 4. The summed E-state index contributed by atoms with van der Waals surface area (Å²) in [6, 6.07) is 8.73. The Kier molecular flexibility index (Phi) is 6.24. The van der Waals surface area contributed by atoms with Crippen LogP contribution in [0.25, 0.3) is 22.0 Å². The zero-order valence-electron chi connectivity index (χ0n) is 17.3. The van der Waals surface area contributed by atoms with Crippen molar-refractivity contribution in [2.75, 3.05) is 6.26 Å². The number of pyridine rings is 1. The Bertz CT molecular complexity index is 1630.